The summed E-state index contributed by atoms with van der Waals surface area (Å²) in [7, 11) is 0. The third-order valence-electron chi connectivity index (χ3n) is 7.33. The fraction of sp³-hybridized carbons (Fsp3) is 0. The van der Waals surface area contributed by atoms with Crippen LogP contribution in [0.25, 0.3) is 58.8 Å². The van der Waals surface area contributed by atoms with Gasteiger partial charge in [-0.1, -0.05) is 18.2 Å². The van der Waals surface area contributed by atoms with Gasteiger partial charge in [0.1, 0.15) is 6.07 Å². The van der Waals surface area contributed by atoms with Gasteiger partial charge < -0.3 is 4.57 Å². The maximum absolute atomic E-state index is 10.5. The highest BCUT2D eigenvalue weighted by Crippen LogP contribution is 2.40. The van der Waals surface area contributed by atoms with Gasteiger partial charge in [0.2, 0.25) is 0 Å². The molecule has 0 aliphatic carbocycles. The Kier molecular flexibility index (Phi) is 5.13. The Labute approximate surface area is 232 Å². The molecule has 0 saturated heterocycles. The van der Waals surface area contributed by atoms with Crippen molar-refractivity contribution < 1.29 is 0 Å². The van der Waals surface area contributed by atoms with Crippen LogP contribution in [0.4, 0.5) is 0 Å². The molecular formula is C34H15N5S. The molecule has 7 aromatic rings. The number of thiophene rings is 1. The van der Waals surface area contributed by atoms with Crippen LogP contribution in [0.3, 0.4) is 0 Å². The van der Waals surface area contributed by atoms with Crippen LogP contribution in [-0.4, -0.2) is 4.57 Å². The zero-order chi connectivity index (χ0) is 27.4. The molecule has 6 heteroatoms. The summed E-state index contributed by atoms with van der Waals surface area (Å²) in [5.41, 5.74) is 6.31. The molecule has 2 aromatic heterocycles. The van der Waals surface area contributed by atoms with Gasteiger partial charge in [0, 0.05) is 36.5 Å². The molecule has 0 aliphatic heterocycles. The van der Waals surface area contributed by atoms with Crippen LogP contribution in [-0.2, 0) is 0 Å². The van der Waals surface area contributed by atoms with E-state index in [0.29, 0.717) is 22.3 Å². The lowest BCUT2D eigenvalue weighted by atomic mass is 9.97. The second kappa shape index (κ2) is 8.83. The van der Waals surface area contributed by atoms with E-state index in [4.69, 9.17) is 0 Å². The lowest BCUT2D eigenvalue weighted by molar-refractivity contribution is 1.17. The molecule has 0 fully saturated rings. The molecule has 7 rings (SSSR count). The van der Waals surface area contributed by atoms with Crippen molar-refractivity contribution in [1.82, 2.24) is 4.57 Å². The molecule has 182 valence electrons. The topological polar surface area (TPSA) is 100 Å². The van der Waals surface area contributed by atoms with Gasteiger partial charge in [-0.15, -0.1) is 11.3 Å². The van der Waals surface area contributed by atoms with Crippen molar-refractivity contribution in [3.63, 3.8) is 0 Å². The van der Waals surface area contributed by atoms with E-state index in [1.54, 1.807) is 23.5 Å². The zero-order valence-corrected chi connectivity index (χ0v) is 21.6. The van der Waals surface area contributed by atoms with Crippen LogP contribution < -0.4 is 0 Å². The number of nitrogens with zero attached hydrogens (tertiary/aromatic N) is 5. The molecule has 0 unspecified atom stereocenters. The summed E-state index contributed by atoms with van der Waals surface area (Å²) >= 11 is 1.68. The summed E-state index contributed by atoms with van der Waals surface area (Å²) in [6.45, 7) is 0. The Bertz CT molecular complexity index is 2310. The van der Waals surface area contributed by atoms with Gasteiger partial charge in [-0.05, 0) is 78.4 Å². The Balaban J connectivity index is 1.51. The lowest BCUT2D eigenvalue weighted by Gasteiger charge is -2.14. The van der Waals surface area contributed by atoms with Gasteiger partial charge in [0.15, 0.2) is 0 Å². The quantitative estimate of drug-likeness (QED) is 0.226. The molecule has 0 aliphatic rings. The average molecular weight is 526 g/mol. The van der Waals surface area contributed by atoms with Crippen LogP contribution in [0.15, 0.2) is 91.0 Å². The largest absolute Gasteiger partial charge is 0.308 e. The van der Waals surface area contributed by atoms with Gasteiger partial charge in [-0.3, -0.25) is 0 Å². The van der Waals surface area contributed by atoms with E-state index in [9.17, 15) is 21.0 Å². The number of hydrogen-bond acceptors (Lipinski definition) is 5. The highest BCUT2D eigenvalue weighted by Gasteiger charge is 2.19. The van der Waals surface area contributed by atoms with Crippen molar-refractivity contribution in [3.05, 3.63) is 113 Å². The number of aromatic nitrogens is 1. The van der Waals surface area contributed by atoms with Gasteiger partial charge in [-0.25, -0.2) is 0 Å². The minimum absolute atomic E-state index is 0.520. The minimum Gasteiger partial charge on any atom is -0.308 e. The fourth-order valence-electron chi connectivity index (χ4n) is 5.52. The predicted octanol–water partition coefficient (Wildman–Crippen LogP) is 8.31. The summed E-state index contributed by atoms with van der Waals surface area (Å²) < 4.78 is 4.26. The van der Waals surface area contributed by atoms with Crippen molar-refractivity contribution in [2.45, 2.75) is 0 Å². The van der Waals surface area contributed by atoms with E-state index in [-0.39, 0.29) is 0 Å². The van der Waals surface area contributed by atoms with Crippen LogP contribution in [0, 0.1) is 45.3 Å². The first-order chi connectivity index (χ1) is 19.6. The van der Waals surface area contributed by atoms with Crippen LogP contribution >= 0.6 is 11.3 Å². The molecule has 0 radical (unpaired) electrons. The third kappa shape index (κ3) is 3.36. The standard InChI is InChI=1S/C34H15N5S/c35-16-20-4-8-31-25(12-20)26-13-21(17-36)5-9-32(26)39(31)30-3-1-2-24(29(30)19-38)23-7-11-34-28(15-23)27-14-22(18-37)6-10-33(27)40-34/h1-15H. The molecular weight excluding hydrogens is 510 g/mol. The molecule has 0 amide bonds. The Morgan fingerprint density at radius 1 is 0.525 bits per heavy atom. The molecule has 0 N–H and O–H groups in total. The van der Waals surface area contributed by atoms with Crippen molar-refractivity contribution in [2.24, 2.45) is 0 Å². The summed E-state index contributed by atoms with van der Waals surface area (Å²) in [5.74, 6) is 0. The Morgan fingerprint density at radius 2 is 1.07 bits per heavy atom. The molecule has 0 spiro atoms. The number of rotatable bonds is 2. The van der Waals surface area contributed by atoms with Crippen molar-refractivity contribution in [1.29, 1.82) is 21.0 Å². The first kappa shape index (κ1) is 23.2. The Hall–Kier alpha value is -5.92. The van der Waals surface area contributed by atoms with Gasteiger partial charge in [0.05, 0.1) is 57.2 Å². The van der Waals surface area contributed by atoms with Crippen LogP contribution in [0.1, 0.15) is 22.3 Å². The smallest absolute Gasteiger partial charge is 0.102 e. The summed E-state index contributed by atoms with van der Waals surface area (Å²) in [6.07, 6.45) is 0. The number of hydrogen-bond donors (Lipinski definition) is 0. The normalized spacial score (nSPS) is 10.9. The van der Waals surface area contributed by atoms with E-state index in [0.717, 1.165) is 58.8 Å². The molecule has 0 atom stereocenters. The maximum Gasteiger partial charge on any atom is 0.102 e. The van der Waals surface area contributed by atoms with Crippen molar-refractivity contribution in [3.8, 4) is 41.1 Å². The van der Waals surface area contributed by atoms with Gasteiger partial charge in [0.25, 0.3) is 0 Å². The highest BCUT2D eigenvalue weighted by molar-refractivity contribution is 7.25. The SMILES string of the molecule is N#Cc1ccc2sc3ccc(-c4cccc(-n5c6ccc(C#N)cc6c6cc(C#N)ccc65)c4C#N)cc3c2c1. The summed E-state index contributed by atoms with van der Waals surface area (Å²) in [6, 6.07) is 37.8. The first-order valence-corrected chi connectivity index (χ1v) is 13.2. The van der Waals surface area contributed by atoms with Gasteiger partial charge >= 0.3 is 0 Å². The summed E-state index contributed by atoms with van der Waals surface area (Å²) in [4.78, 5) is 0. The highest BCUT2D eigenvalue weighted by atomic mass is 32.1. The number of benzene rings is 5. The monoisotopic (exact) mass is 525 g/mol. The summed E-state index contributed by atoms with van der Waals surface area (Å²) in [5, 5.41) is 42.7. The van der Waals surface area contributed by atoms with Gasteiger partial charge in [-0.2, -0.15) is 21.0 Å². The molecule has 2 heterocycles. The molecule has 40 heavy (non-hydrogen) atoms. The first-order valence-electron chi connectivity index (χ1n) is 12.4. The van der Waals surface area contributed by atoms with E-state index >= 15 is 0 Å². The van der Waals surface area contributed by atoms with E-state index in [1.165, 1.54) is 0 Å². The van der Waals surface area contributed by atoms with E-state index < -0.39 is 0 Å². The molecule has 5 aromatic carbocycles. The van der Waals surface area contributed by atoms with Crippen molar-refractivity contribution >= 4 is 53.3 Å². The maximum atomic E-state index is 10.5. The third-order valence-corrected chi connectivity index (χ3v) is 8.48. The minimum atomic E-state index is 0.520. The van der Waals surface area contributed by atoms with Crippen molar-refractivity contribution in [2.75, 3.05) is 0 Å². The van der Waals surface area contributed by atoms with E-state index in [1.807, 2.05) is 71.3 Å². The number of nitriles is 4. The molecule has 5 nitrogen and oxygen atoms in total. The lowest BCUT2D eigenvalue weighted by Crippen LogP contribution is -1.99. The number of fused-ring (bicyclic) bond motifs is 6. The fourth-order valence-corrected chi connectivity index (χ4v) is 6.59. The van der Waals surface area contributed by atoms with Crippen LogP contribution in [0.5, 0.6) is 0 Å². The molecule has 0 saturated carbocycles. The van der Waals surface area contributed by atoms with Crippen LogP contribution in [0.2, 0.25) is 0 Å². The second-order valence-corrected chi connectivity index (χ2v) is 10.6. The predicted molar refractivity (Wildman–Crippen MR) is 158 cm³/mol. The molecule has 0 bridgehead atoms. The van der Waals surface area contributed by atoms with E-state index in [2.05, 4.69) is 36.4 Å². The average Bonchev–Trinajstić information content (AvgIpc) is 3.54. The second-order valence-electron chi connectivity index (χ2n) is 9.47. The zero-order valence-electron chi connectivity index (χ0n) is 20.8. The Morgan fingerprint density at radius 3 is 1.68 bits per heavy atom.